The van der Waals surface area contributed by atoms with E-state index in [4.69, 9.17) is 9.47 Å². The first-order valence-electron chi connectivity index (χ1n) is 13.3. The van der Waals surface area contributed by atoms with E-state index >= 15 is 0 Å². The summed E-state index contributed by atoms with van der Waals surface area (Å²) in [5.41, 5.74) is 5.64. The number of nitrogens with one attached hydrogen (secondary N) is 1. The second kappa shape index (κ2) is 10.6. The van der Waals surface area contributed by atoms with E-state index in [1.54, 1.807) is 12.1 Å². The predicted molar refractivity (Wildman–Crippen MR) is 146 cm³/mol. The molecule has 0 aliphatic carbocycles. The van der Waals surface area contributed by atoms with Crippen LogP contribution in [0.4, 0.5) is 11.5 Å². The summed E-state index contributed by atoms with van der Waals surface area (Å²) in [6, 6.07) is 15.0. The van der Waals surface area contributed by atoms with Gasteiger partial charge in [-0.25, -0.2) is 4.79 Å². The van der Waals surface area contributed by atoms with E-state index in [9.17, 15) is 10.1 Å². The molecule has 2 aromatic carbocycles. The second-order valence-corrected chi connectivity index (χ2v) is 10.4. The number of likely N-dealkylation sites (tertiary alicyclic amines) is 1. The fourth-order valence-electron chi connectivity index (χ4n) is 5.87. The molecule has 7 heteroatoms. The van der Waals surface area contributed by atoms with E-state index < -0.39 is 5.97 Å². The maximum absolute atomic E-state index is 13.0. The zero-order valence-electron chi connectivity index (χ0n) is 22.2. The quantitative estimate of drug-likeness (QED) is 0.431. The second-order valence-electron chi connectivity index (χ2n) is 10.4. The van der Waals surface area contributed by atoms with Gasteiger partial charge in [-0.1, -0.05) is 19.1 Å². The molecule has 5 rings (SSSR count). The number of nitriles is 1. The number of benzene rings is 2. The number of rotatable bonds is 7. The molecule has 0 unspecified atom stereocenters. The number of piperidine rings is 1. The van der Waals surface area contributed by atoms with Crippen LogP contribution in [0.25, 0.3) is 10.9 Å². The van der Waals surface area contributed by atoms with Crippen molar-refractivity contribution >= 4 is 28.4 Å². The number of nitrogens with zero attached hydrogens (tertiary/aromatic N) is 3. The van der Waals surface area contributed by atoms with Crippen molar-refractivity contribution in [2.24, 2.45) is 0 Å². The van der Waals surface area contributed by atoms with Gasteiger partial charge in [-0.05, 0) is 87.5 Å². The van der Waals surface area contributed by atoms with Gasteiger partial charge in [0.2, 0.25) is 0 Å². The van der Waals surface area contributed by atoms with Gasteiger partial charge >= 0.3 is 5.97 Å². The Bertz CT molecular complexity index is 1330. The maximum Gasteiger partial charge on any atom is 0.342 e. The van der Waals surface area contributed by atoms with Crippen LogP contribution in [0.1, 0.15) is 66.6 Å². The number of anilines is 2. The van der Waals surface area contributed by atoms with Crippen molar-refractivity contribution in [3.63, 3.8) is 0 Å². The Morgan fingerprint density at radius 2 is 1.97 bits per heavy atom. The number of H-pyrrole nitrogens is 1. The monoisotopic (exact) mass is 500 g/mol. The van der Waals surface area contributed by atoms with E-state index in [1.165, 1.54) is 18.2 Å². The number of esters is 1. The smallest absolute Gasteiger partial charge is 0.342 e. The number of methoxy groups -OCH3 is 1. The molecule has 3 aromatic rings. The normalized spacial score (nSPS) is 17.1. The highest BCUT2D eigenvalue weighted by Gasteiger charge is 2.32. The fraction of sp³-hybridized carbons (Fsp3) is 0.467. The molecule has 0 radical (unpaired) electrons. The largest absolute Gasteiger partial charge is 0.465 e. The average Bonchev–Trinajstić information content (AvgIpc) is 3.25. The van der Waals surface area contributed by atoms with Gasteiger partial charge in [0.15, 0.2) is 0 Å². The number of aromatic nitrogens is 1. The molecule has 37 heavy (non-hydrogen) atoms. The van der Waals surface area contributed by atoms with E-state index in [2.05, 4.69) is 59.8 Å². The number of hydrogen-bond acceptors (Lipinski definition) is 6. The minimum atomic E-state index is -0.394. The van der Waals surface area contributed by atoms with Gasteiger partial charge in [-0.3, -0.25) is 4.90 Å². The number of carbonyl (C=O) groups excluding carboxylic acids is 1. The van der Waals surface area contributed by atoms with E-state index in [-0.39, 0.29) is 6.04 Å². The Labute approximate surface area is 219 Å². The Hall–Kier alpha value is -3.34. The summed E-state index contributed by atoms with van der Waals surface area (Å²) >= 11 is 0. The summed E-state index contributed by atoms with van der Waals surface area (Å²) in [6.07, 6.45) is 3.28. The SMILES string of the molecule is CCc1ccc(N(c2[nH]c3cc(C#N)ccc3c2C(=O)OC)C(C)C)cc1C1CCN(C2COC2)CC1. The number of ether oxygens (including phenoxy) is 2. The molecule has 7 nitrogen and oxygen atoms in total. The Balaban J connectivity index is 1.55. The highest BCUT2D eigenvalue weighted by molar-refractivity contribution is 6.10. The minimum absolute atomic E-state index is 0.0766. The third-order valence-electron chi connectivity index (χ3n) is 7.95. The molecule has 0 saturated carbocycles. The molecule has 0 amide bonds. The molecule has 2 fully saturated rings. The lowest BCUT2D eigenvalue weighted by Gasteiger charge is -2.42. The van der Waals surface area contributed by atoms with Gasteiger partial charge in [-0.2, -0.15) is 5.26 Å². The number of aryl methyl sites for hydroxylation is 1. The molecule has 0 spiro atoms. The van der Waals surface area contributed by atoms with Crippen molar-refractivity contribution in [3.05, 3.63) is 58.7 Å². The van der Waals surface area contributed by atoms with Crippen molar-refractivity contribution in [2.75, 3.05) is 38.3 Å². The Kier molecular flexibility index (Phi) is 7.23. The summed E-state index contributed by atoms with van der Waals surface area (Å²) in [7, 11) is 1.41. The molecular weight excluding hydrogens is 464 g/mol. The molecule has 1 aromatic heterocycles. The highest BCUT2D eigenvalue weighted by Crippen LogP contribution is 2.39. The standard InChI is InChI=1S/C30H36N4O3/c1-5-21-7-8-23(15-26(21)22-10-12-33(13-11-22)24-17-37-18-24)34(19(2)3)29-28(30(35)36-4)25-9-6-20(16-31)14-27(25)32-29/h6-9,14-15,19,22,24,32H,5,10-13,17-18H2,1-4H3. The Morgan fingerprint density at radius 3 is 2.57 bits per heavy atom. The van der Waals surface area contributed by atoms with Crippen LogP contribution in [0.5, 0.6) is 0 Å². The first-order valence-corrected chi connectivity index (χ1v) is 13.3. The summed E-state index contributed by atoms with van der Waals surface area (Å²) in [5, 5.41) is 10.2. The number of aromatic amines is 1. The van der Waals surface area contributed by atoms with Gasteiger partial charge in [0.05, 0.1) is 38.0 Å². The van der Waals surface area contributed by atoms with Crippen LogP contribution >= 0.6 is 0 Å². The van der Waals surface area contributed by atoms with E-state index in [1.807, 2.05) is 6.07 Å². The zero-order valence-corrected chi connectivity index (χ0v) is 22.2. The van der Waals surface area contributed by atoms with Crippen LogP contribution in [0.2, 0.25) is 0 Å². The van der Waals surface area contributed by atoms with Crippen LogP contribution in [-0.2, 0) is 15.9 Å². The first-order chi connectivity index (χ1) is 17.9. The predicted octanol–water partition coefficient (Wildman–Crippen LogP) is 5.51. The zero-order chi connectivity index (χ0) is 26.1. The van der Waals surface area contributed by atoms with Crippen LogP contribution in [0.15, 0.2) is 36.4 Å². The number of carbonyl (C=O) groups is 1. The summed E-state index contributed by atoms with van der Waals surface area (Å²) in [4.78, 5) is 21.2. The molecule has 0 bridgehead atoms. The molecule has 2 aliphatic rings. The third kappa shape index (κ3) is 4.72. The molecule has 1 N–H and O–H groups in total. The van der Waals surface area contributed by atoms with E-state index in [0.29, 0.717) is 28.9 Å². The molecule has 3 heterocycles. The first kappa shape index (κ1) is 25.3. The van der Waals surface area contributed by atoms with Gasteiger partial charge in [0, 0.05) is 22.6 Å². The third-order valence-corrected chi connectivity index (χ3v) is 7.95. The van der Waals surface area contributed by atoms with Crippen LogP contribution in [0, 0.1) is 11.3 Å². The molecule has 2 saturated heterocycles. The maximum atomic E-state index is 13.0. The van der Waals surface area contributed by atoms with Crippen LogP contribution < -0.4 is 4.90 Å². The average molecular weight is 501 g/mol. The fourth-order valence-corrected chi connectivity index (χ4v) is 5.87. The van der Waals surface area contributed by atoms with Gasteiger partial charge in [-0.15, -0.1) is 0 Å². The topological polar surface area (TPSA) is 81.6 Å². The number of fused-ring (bicyclic) bond motifs is 1. The lowest BCUT2D eigenvalue weighted by atomic mass is 9.85. The molecule has 0 atom stereocenters. The molecular formula is C30H36N4O3. The lowest BCUT2D eigenvalue weighted by molar-refractivity contribution is -0.0712. The van der Waals surface area contributed by atoms with Crippen molar-refractivity contribution in [3.8, 4) is 6.07 Å². The van der Waals surface area contributed by atoms with Gasteiger partial charge < -0.3 is 19.4 Å². The van der Waals surface area contributed by atoms with Gasteiger partial charge in [0.25, 0.3) is 0 Å². The Morgan fingerprint density at radius 1 is 1.22 bits per heavy atom. The van der Waals surface area contributed by atoms with Crippen molar-refractivity contribution in [2.45, 2.75) is 58.0 Å². The van der Waals surface area contributed by atoms with E-state index in [0.717, 1.165) is 62.2 Å². The van der Waals surface area contributed by atoms with Crippen molar-refractivity contribution < 1.29 is 14.3 Å². The van der Waals surface area contributed by atoms with Crippen LogP contribution in [0.3, 0.4) is 0 Å². The lowest BCUT2D eigenvalue weighted by Crippen LogP contribution is -2.51. The van der Waals surface area contributed by atoms with Crippen molar-refractivity contribution in [1.29, 1.82) is 5.26 Å². The van der Waals surface area contributed by atoms with Crippen molar-refractivity contribution in [1.82, 2.24) is 9.88 Å². The van der Waals surface area contributed by atoms with Crippen LogP contribution in [-0.4, -0.2) is 61.3 Å². The molecule has 2 aliphatic heterocycles. The molecule has 194 valence electrons. The summed E-state index contributed by atoms with van der Waals surface area (Å²) < 4.78 is 10.6. The van der Waals surface area contributed by atoms with Gasteiger partial charge in [0.1, 0.15) is 11.4 Å². The highest BCUT2D eigenvalue weighted by atomic mass is 16.5. The summed E-state index contributed by atoms with van der Waals surface area (Å²) in [6.45, 7) is 10.4. The minimum Gasteiger partial charge on any atom is -0.465 e. The number of hydrogen-bond donors (Lipinski definition) is 1. The summed E-state index contributed by atoms with van der Waals surface area (Å²) in [5.74, 6) is 0.818.